The number of carbonyl (C=O) groups is 2. The second-order valence-electron chi connectivity index (χ2n) is 7.72. The maximum atomic E-state index is 12.9. The van der Waals surface area contributed by atoms with E-state index in [-0.39, 0.29) is 17.3 Å². The molecule has 1 aliphatic rings. The van der Waals surface area contributed by atoms with Crippen molar-refractivity contribution >= 4 is 39.1 Å². The molecule has 7 nitrogen and oxygen atoms in total. The van der Waals surface area contributed by atoms with Gasteiger partial charge in [-0.2, -0.15) is 0 Å². The van der Waals surface area contributed by atoms with Crippen molar-refractivity contribution in [2.24, 2.45) is 0 Å². The number of amides is 2. The SMILES string of the molecule is CCc1ccc(NC(=O)C(CC)SC2NCC(S(=O)(=O)c3ccc(C)cc3)C(=O)N2)cc1. The van der Waals surface area contributed by atoms with Gasteiger partial charge in [-0.1, -0.05) is 43.7 Å². The predicted octanol–water partition coefficient (Wildman–Crippen LogP) is 2.85. The minimum Gasteiger partial charge on any atom is -0.331 e. The predicted molar refractivity (Wildman–Crippen MR) is 128 cm³/mol. The molecule has 1 fully saturated rings. The van der Waals surface area contributed by atoms with Crippen LogP contribution < -0.4 is 16.0 Å². The molecule has 1 saturated heterocycles. The summed E-state index contributed by atoms with van der Waals surface area (Å²) in [6.45, 7) is 5.82. The molecule has 0 spiro atoms. The highest BCUT2D eigenvalue weighted by atomic mass is 32.2. The third-order valence-corrected chi connectivity index (χ3v) is 8.86. The number of aryl methyl sites for hydroxylation is 2. The van der Waals surface area contributed by atoms with Crippen LogP contribution in [0.4, 0.5) is 5.69 Å². The van der Waals surface area contributed by atoms with Crippen LogP contribution in [0.1, 0.15) is 31.4 Å². The fourth-order valence-electron chi connectivity index (χ4n) is 3.36. The van der Waals surface area contributed by atoms with E-state index >= 15 is 0 Å². The first kappa shape index (κ1) is 24.3. The lowest BCUT2D eigenvalue weighted by molar-refractivity contribution is -0.122. The van der Waals surface area contributed by atoms with Crippen LogP contribution in [-0.2, 0) is 25.8 Å². The van der Waals surface area contributed by atoms with Crippen molar-refractivity contribution in [3.63, 3.8) is 0 Å². The van der Waals surface area contributed by atoms with Crippen LogP contribution in [-0.4, -0.2) is 42.8 Å². The van der Waals surface area contributed by atoms with Gasteiger partial charge >= 0.3 is 0 Å². The fourth-order valence-corrected chi connectivity index (χ4v) is 5.95. The van der Waals surface area contributed by atoms with Crippen molar-refractivity contribution in [1.29, 1.82) is 0 Å². The molecule has 3 N–H and O–H groups in total. The Morgan fingerprint density at radius 2 is 1.78 bits per heavy atom. The molecular weight excluding hydrogens is 446 g/mol. The van der Waals surface area contributed by atoms with Gasteiger partial charge in [-0.3, -0.25) is 14.9 Å². The first-order valence-corrected chi connectivity index (χ1v) is 13.1. The second-order valence-corrected chi connectivity index (χ2v) is 11.2. The number of hydrogen-bond donors (Lipinski definition) is 3. The highest BCUT2D eigenvalue weighted by Gasteiger charge is 2.39. The molecule has 1 heterocycles. The largest absolute Gasteiger partial charge is 0.331 e. The third-order valence-electron chi connectivity index (χ3n) is 5.37. The number of nitrogens with one attached hydrogen (secondary N) is 3. The molecule has 2 aromatic rings. The standard InChI is InChI=1S/C23H29N3O4S2/c1-4-16-8-10-17(11-9-16)25-21(27)19(5-2)31-23-24-14-20(22(28)26-23)32(29,30)18-12-6-15(3)7-13-18/h6-13,19-20,23-24H,4-5,14H2,1-3H3,(H,25,27)(H,26,28). The summed E-state index contributed by atoms with van der Waals surface area (Å²) < 4.78 is 25.8. The van der Waals surface area contributed by atoms with Crippen molar-refractivity contribution in [3.8, 4) is 0 Å². The van der Waals surface area contributed by atoms with Crippen molar-refractivity contribution < 1.29 is 18.0 Å². The van der Waals surface area contributed by atoms with E-state index < -0.39 is 31.7 Å². The summed E-state index contributed by atoms with van der Waals surface area (Å²) >= 11 is 1.26. The van der Waals surface area contributed by atoms with Gasteiger partial charge in [-0.15, -0.1) is 11.8 Å². The number of sulfone groups is 1. The average molecular weight is 476 g/mol. The fraction of sp³-hybridized carbons (Fsp3) is 0.391. The van der Waals surface area contributed by atoms with E-state index in [2.05, 4.69) is 22.9 Å². The van der Waals surface area contributed by atoms with E-state index in [0.717, 1.165) is 17.7 Å². The number of carbonyl (C=O) groups excluding carboxylic acids is 2. The van der Waals surface area contributed by atoms with E-state index in [9.17, 15) is 18.0 Å². The van der Waals surface area contributed by atoms with Crippen LogP contribution in [0.5, 0.6) is 0 Å². The summed E-state index contributed by atoms with van der Waals surface area (Å²) in [5, 5.41) is 7.04. The normalized spacial score (nSPS) is 19.8. The quantitative estimate of drug-likeness (QED) is 0.542. The Kier molecular flexibility index (Phi) is 7.97. The topological polar surface area (TPSA) is 104 Å². The third kappa shape index (κ3) is 5.70. The molecule has 0 aromatic heterocycles. The molecule has 172 valence electrons. The molecule has 3 atom stereocenters. The Hall–Kier alpha value is -2.36. The van der Waals surface area contributed by atoms with Gasteiger partial charge in [-0.25, -0.2) is 8.42 Å². The Morgan fingerprint density at radius 3 is 2.34 bits per heavy atom. The van der Waals surface area contributed by atoms with Crippen molar-refractivity contribution in [1.82, 2.24) is 10.6 Å². The zero-order chi connectivity index (χ0) is 23.3. The Balaban J connectivity index is 1.60. The Bertz CT molecular complexity index is 1050. The average Bonchev–Trinajstić information content (AvgIpc) is 2.78. The molecule has 0 radical (unpaired) electrons. The van der Waals surface area contributed by atoms with E-state index in [4.69, 9.17) is 0 Å². The van der Waals surface area contributed by atoms with Crippen LogP contribution in [0.3, 0.4) is 0 Å². The smallest absolute Gasteiger partial charge is 0.241 e. The van der Waals surface area contributed by atoms with Crippen LogP contribution in [0, 0.1) is 6.92 Å². The van der Waals surface area contributed by atoms with Crippen molar-refractivity contribution in [3.05, 3.63) is 59.7 Å². The summed E-state index contributed by atoms with van der Waals surface area (Å²) in [6.07, 6.45) is 1.48. The van der Waals surface area contributed by atoms with Crippen LogP contribution in [0.25, 0.3) is 0 Å². The Labute approximate surface area is 193 Å². The van der Waals surface area contributed by atoms with E-state index in [1.165, 1.54) is 29.5 Å². The molecule has 2 amide bonds. The zero-order valence-electron chi connectivity index (χ0n) is 18.4. The molecule has 3 rings (SSSR count). The number of benzene rings is 2. The maximum Gasteiger partial charge on any atom is 0.241 e. The number of hydrogen-bond acceptors (Lipinski definition) is 6. The zero-order valence-corrected chi connectivity index (χ0v) is 20.1. The van der Waals surface area contributed by atoms with Crippen molar-refractivity contribution in [2.75, 3.05) is 11.9 Å². The Morgan fingerprint density at radius 1 is 1.12 bits per heavy atom. The first-order chi connectivity index (χ1) is 15.2. The van der Waals surface area contributed by atoms with Gasteiger partial charge in [0, 0.05) is 12.2 Å². The van der Waals surface area contributed by atoms with Gasteiger partial charge < -0.3 is 10.6 Å². The summed E-state index contributed by atoms with van der Waals surface area (Å²) in [7, 11) is -3.81. The second kappa shape index (κ2) is 10.5. The summed E-state index contributed by atoms with van der Waals surface area (Å²) in [5.41, 5.74) is 2.30. The van der Waals surface area contributed by atoms with Crippen LogP contribution in [0.2, 0.25) is 0 Å². The first-order valence-electron chi connectivity index (χ1n) is 10.6. The lowest BCUT2D eigenvalue weighted by atomic mass is 10.1. The lowest BCUT2D eigenvalue weighted by Gasteiger charge is -2.31. The number of rotatable bonds is 8. The molecule has 9 heteroatoms. The minimum atomic E-state index is -3.81. The van der Waals surface area contributed by atoms with E-state index in [1.54, 1.807) is 12.1 Å². The van der Waals surface area contributed by atoms with Gasteiger partial charge in [0.2, 0.25) is 11.8 Å². The van der Waals surface area contributed by atoms with E-state index in [1.807, 2.05) is 38.1 Å². The lowest BCUT2D eigenvalue weighted by Crippen LogP contribution is -2.60. The van der Waals surface area contributed by atoms with Gasteiger partial charge in [0.05, 0.1) is 10.1 Å². The highest BCUT2D eigenvalue weighted by molar-refractivity contribution is 8.01. The molecule has 0 aliphatic carbocycles. The molecule has 2 aromatic carbocycles. The summed E-state index contributed by atoms with van der Waals surface area (Å²) in [6, 6.07) is 14.1. The molecule has 32 heavy (non-hydrogen) atoms. The maximum absolute atomic E-state index is 12.9. The van der Waals surface area contributed by atoms with Gasteiger partial charge in [0.1, 0.15) is 5.50 Å². The van der Waals surface area contributed by atoms with Crippen molar-refractivity contribution in [2.45, 2.75) is 54.5 Å². The molecular formula is C23H29N3O4S2. The van der Waals surface area contributed by atoms with Crippen LogP contribution >= 0.6 is 11.8 Å². The molecule has 0 bridgehead atoms. The summed E-state index contributed by atoms with van der Waals surface area (Å²) in [4.78, 5) is 25.5. The van der Waals surface area contributed by atoms with Gasteiger partial charge in [-0.05, 0) is 49.6 Å². The minimum absolute atomic E-state index is 0.0176. The monoisotopic (exact) mass is 475 g/mol. The number of anilines is 1. The highest BCUT2D eigenvalue weighted by Crippen LogP contribution is 2.24. The molecule has 3 unspecified atom stereocenters. The molecule has 0 saturated carbocycles. The van der Waals surface area contributed by atoms with E-state index in [0.29, 0.717) is 6.42 Å². The molecule has 1 aliphatic heterocycles. The van der Waals surface area contributed by atoms with Crippen LogP contribution in [0.15, 0.2) is 53.4 Å². The number of thioether (sulfide) groups is 1. The van der Waals surface area contributed by atoms with Gasteiger partial charge in [0.25, 0.3) is 0 Å². The summed E-state index contributed by atoms with van der Waals surface area (Å²) in [5.74, 6) is -0.723. The van der Waals surface area contributed by atoms with Gasteiger partial charge in [0.15, 0.2) is 15.1 Å².